The summed E-state index contributed by atoms with van der Waals surface area (Å²) in [6, 6.07) is -0.380. The lowest BCUT2D eigenvalue weighted by atomic mass is 10.6. The molecule has 6 heteroatoms. The summed E-state index contributed by atoms with van der Waals surface area (Å²) in [5, 5.41) is 0. The zero-order valence-electron chi connectivity index (χ0n) is 5.37. The summed E-state index contributed by atoms with van der Waals surface area (Å²) in [6.07, 6.45) is 2.37. The van der Waals surface area contributed by atoms with Crippen molar-refractivity contribution in [3.63, 3.8) is 0 Å². The molecule has 0 unspecified atom stereocenters. The standard InChI is InChI=1S/C5H5F2N3O/c6-4(7)11-5-9-1-3(8)2-10-5/h1-2,4H,8H2. The van der Waals surface area contributed by atoms with Crippen molar-refractivity contribution in [1.82, 2.24) is 9.97 Å². The van der Waals surface area contributed by atoms with Crippen LogP contribution in [0.25, 0.3) is 0 Å². The van der Waals surface area contributed by atoms with Crippen molar-refractivity contribution >= 4 is 5.69 Å². The highest BCUT2D eigenvalue weighted by Gasteiger charge is 2.05. The minimum atomic E-state index is -2.90. The molecule has 1 aromatic rings. The second kappa shape index (κ2) is 3.09. The predicted molar refractivity (Wildman–Crippen MR) is 33.1 cm³/mol. The minimum Gasteiger partial charge on any atom is -0.401 e. The van der Waals surface area contributed by atoms with Crippen LogP contribution in [0, 0.1) is 0 Å². The first-order valence-electron chi connectivity index (χ1n) is 2.71. The van der Waals surface area contributed by atoms with Crippen LogP contribution in [0.2, 0.25) is 0 Å². The van der Waals surface area contributed by atoms with Gasteiger partial charge in [0, 0.05) is 0 Å². The van der Waals surface area contributed by atoms with Gasteiger partial charge in [-0.15, -0.1) is 0 Å². The highest BCUT2D eigenvalue weighted by molar-refractivity contribution is 5.30. The number of ether oxygens (including phenoxy) is 1. The molecule has 0 spiro atoms. The van der Waals surface area contributed by atoms with Crippen LogP contribution in [0.3, 0.4) is 0 Å². The summed E-state index contributed by atoms with van der Waals surface area (Å²) >= 11 is 0. The van der Waals surface area contributed by atoms with E-state index in [9.17, 15) is 8.78 Å². The monoisotopic (exact) mass is 161 g/mol. The summed E-state index contributed by atoms with van der Waals surface area (Å²) in [5.41, 5.74) is 5.49. The van der Waals surface area contributed by atoms with E-state index in [0.717, 1.165) is 0 Å². The number of nitrogen functional groups attached to an aromatic ring is 1. The van der Waals surface area contributed by atoms with Crippen LogP contribution in [-0.2, 0) is 0 Å². The summed E-state index contributed by atoms with van der Waals surface area (Å²) in [6.45, 7) is -2.90. The summed E-state index contributed by atoms with van der Waals surface area (Å²) in [4.78, 5) is 6.76. The van der Waals surface area contributed by atoms with Crippen LogP contribution < -0.4 is 10.5 Å². The van der Waals surface area contributed by atoms with Crippen molar-refractivity contribution < 1.29 is 13.5 Å². The number of nitrogens with zero attached hydrogens (tertiary/aromatic N) is 2. The maximum absolute atomic E-state index is 11.5. The van der Waals surface area contributed by atoms with Crippen molar-refractivity contribution in [3.05, 3.63) is 12.4 Å². The molecule has 0 bridgehead atoms. The van der Waals surface area contributed by atoms with Gasteiger partial charge in [0.1, 0.15) is 0 Å². The molecule has 1 heterocycles. The number of nitrogens with two attached hydrogens (primary N) is 1. The molecule has 1 rings (SSSR count). The van der Waals surface area contributed by atoms with E-state index in [2.05, 4.69) is 14.7 Å². The molecule has 11 heavy (non-hydrogen) atoms. The molecule has 0 saturated carbocycles. The number of aromatic nitrogens is 2. The van der Waals surface area contributed by atoms with Gasteiger partial charge in [-0.25, -0.2) is 9.97 Å². The Morgan fingerprint density at radius 3 is 2.36 bits per heavy atom. The Balaban J connectivity index is 2.66. The Kier molecular flexibility index (Phi) is 2.15. The first-order valence-corrected chi connectivity index (χ1v) is 2.71. The first kappa shape index (κ1) is 7.64. The smallest absolute Gasteiger partial charge is 0.389 e. The highest BCUT2D eigenvalue weighted by atomic mass is 19.3. The third-order valence-electron chi connectivity index (χ3n) is 0.843. The fraction of sp³-hybridized carbons (Fsp3) is 0.200. The lowest BCUT2D eigenvalue weighted by Gasteiger charge is -2.00. The predicted octanol–water partition coefficient (Wildman–Crippen LogP) is 0.660. The average molecular weight is 161 g/mol. The topological polar surface area (TPSA) is 61.0 Å². The van der Waals surface area contributed by atoms with Gasteiger partial charge < -0.3 is 10.5 Å². The first-order chi connectivity index (χ1) is 5.18. The summed E-state index contributed by atoms with van der Waals surface area (Å²) < 4.78 is 26.8. The molecule has 0 aliphatic carbocycles. The maximum atomic E-state index is 11.5. The van der Waals surface area contributed by atoms with E-state index in [-0.39, 0.29) is 6.01 Å². The second-order valence-electron chi connectivity index (χ2n) is 1.68. The molecule has 0 saturated heterocycles. The van der Waals surface area contributed by atoms with E-state index in [0.29, 0.717) is 5.69 Å². The lowest BCUT2D eigenvalue weighted by Crippen LogP contribution is -2.05. The van der Waals surface area contributed by atoms with Crippen molar-refractivity contribution in [1.29, 1.82) is 0 Å². The van der Waals surface area contributed by atoms with Gasteiger partial charge in [-0.3, -0.25) is 0 Å². The van der Waals surface area contributed by atoms with Crippen LogP contribution in [0.15, 0.2) is 12.4 Å². The molecule has 2 N–H and O–H groups in total. The molecular weight excluding hydrogens is 156 g/mol. The third kappa shape index (κ3) is 2.32. The fourth-order valence-corrected chi connectivity index (χ4v) is 0.467. The molecule has 0 aliphatic rings. The molecule has 0 aromatic carbocycles. The molecule has 60 valence electrons. The minimum absolute atomic E-state index is 0.298. The van der Waals surface area contributed by atoms with Crippen molar-refractivity contribution in [2.75, 3.05) is 5.73 Å². The zero-order valence-corrected chi connectivity index (χ0v) is 5.37. The van der Waals surface area contributed by atoms with Crippen molar-refractivity contribution in [3.8, 4) is 6.01 Å². The average Bonchev–Trinajstić information content (AvgIpc) is 1.93. The molecule has 1 aromatic heterocycles. The third-order valence-corrected chi connectivity index (χ3v) is 0.843. The van der Waals surface area contributed by atoms with Gasteiger partial charge in [-0.2, -0.15) is 8.78 Å². The van der Waals surface area contributed by atoms with Crippen LogP contribution >= 0.6 is 0 Å². The van der Waals surface area contributed by atoms with E-state index in [4.69, 9.17) is 5.73 Å². The maximum Gasteiger partial charge on any atom is 0.389 e. The fourth-order valence-electron chi connectivity index (χ4n) is 0.467. The number of anilines is 1. The van der Waals surface area contributed by atoms with Crippen LogP contribution in [0.1, 0.15) is 0 Å². The van der Waals surface area contributed by atoms with Crippen LogP contribution in [0.4, 0.5) is 14.5 Å². The SMILES string of the molecule is Nc1cnc(OC(F)F)nc1. The highest BCUT2D eigenvalue weighted by Crippen LogP contribution is 2.06. The molecule has 0 fully saturated rings. The number of halogens is 2. The van der Waals surface area contributed by atoms with Gasteiger partial charge in [0.15, 0.2) is 0 Å². The molecule has 0 radical (unpaired) electrons. The van der Waals surface area contributed by atoms with E-state index < -0.39 is 6.61 Å². The number of hydrogen-bond acceptors (Lipinski definition) is 4. The summed E-state index contributed by atoms with van der Waals surface area (Å²) in [5.74, 6) is 0. The Morgan fingerprint density at radius 2 is 1.91 bits per heavy atom. The number of hydrogen-bond donors (Lipinski definition) is 1. The van der Waals surface area contributed by atoms with E-state index >= 15 is 0 Å². The van der Waals surface area contributed by atoms with Gasteiger partial charge in [0.25, 0.3) is 0 Å². The van der Waals surface area contributed by atoms with Gasteiger partial charge in [-0.05, 0) is 0 Å². The number of alkyl halides is 2. The lowest BCUT2D eigenvalue weighted by molar-refractivity contribution is -0.0560. The van der Waals surface area contributed by atoms with Crippen LogP contribution in [0.5, 0.6) is 6.01 Å². The molecule has 0 atom stereocenters. The van der Waals surface area contributed by atoms with Gasteiger partial charge >= 0.3 is 12.6 Å². The molecule has 4 nitrogen and oxygen atoms in total. The zero-order chi connectivity index (χ0) is 8.27. The van der Waals surface area contributed by atoms with E-state index in [1.54, 1.807) is 0 Å². The Hall–Kier alpha value is -1.46. The van der Waals surface area contributed by atoms with E-state index in [1.165, 1.54) is 12.4 Å². The number of rotatable bonds is 2. The van der Waals surface area contributed by atoms with Gasteiger partial charge in [0.05, 0.1) is 18.1 Å². The van der Waals surface area contributed by atoms with Crippen LogP contribution in [-0.4, -0.2) is 16.6 Å². The normalized spacial score (nSPS) is 10.1. The van der Waals surface area contributed by atoms with Gasteiger partial charge in [-0.1, -0.05) is 0 Å². The Bertz CT molecular complexity index is 226. The molecule has 0 aliphatic heterocycles. The Morgan fingerprint density at radius 1 is 1.36 bits per heavy atom. The second-order valence-corrected chi connectivity index (χ2v) is 1.68. The quantitative estimate of drug-likeness (QED) is 0.692. The summed E-state index contributed by atoms with van der Waals surface area (Å²) in [7, 11) is 0. The Labute approximate surface area is 61.0 Å². The van der Waals surface area contributed by atoms with Crippen molar-refractivity contribution in [2.45, 2.75) is 6.61 Å². The largest absolute Gasteiger partial charge is 0.401 e. The van der Waals surface area contributed by atoms with Gasteiger partial charge in [0.2, 0.25) is 0 Å². The molecule has 0 amide bonds. The molecular formula is C5H5F2N3O. The van der Waals surface area contributed by atoms with Crippen molar-refractivity contribution in [2.24, 2.45) is 0 Å². The van der Waals surface area contributed by atoms with E-state index in [1.807, 2.05) is 0 Å².